The molecule has 3 aromatic rings. The van der Waals surface area contributed by atoms with Gasteiger partial charge in [0, 0.05) is 12.7 Å². The summed E-state index contributed by atoms with van der Waals surface area (Å²) in [6, 6.07) is 10.5. The van der Waals surface area contributed by atoms with Crippen LogP contribution in [0.2, 0.25) is 0 Å². The van der Waals surface area contributed by atoms with E-state index in [1.807, 2.05) is 26.0 Å². The molecule has 0 saturated heterocycles. The smallest absolute Gasteiger partial charge is 0.276 e. The Morgan fingerprint density at radius 2 is 1.93 bits per heavy atom. The molecule has 0 radical (unpaired) electrons. The van der Waals surface area contributed by atoms with Gasteiger partial charge in [-0.3, -0.25) is 14.3 Å². The van der Waals surface area contributed by atoms with Crippen LogP contribution in [0.25, 0.3) is 0 Å². The number of anilines is 2. The van der Waals surface area contributed by atoms with E-state index in [0.29, 0.717) is 40.8 Å². The van der Waals surface area contributed by atoms with Crippen molar-refractivity contribution in [3.63, 3.8) is 0 Å². The summed E-state index contributed by atoms with van der Waals surface area (Å²) in [5, 5.41) is 12.0. The minimum absolute atomic E-state index is 0.304. The van der Waals surface area contributed by atoms with Gasteiger partial charge in [0.05, 0.1) is 17.9 Å². The number of para-hydroxylation sites is 2. The van der Waals surface area contributed by atoms with E-state index in [9.17, 15) is 9.59 Å². The molecule has 0 aliphatic rings. The Hall–Kier alpha value is -3.13. The second kappa shape index (κ2) is 8.50. The number of rotatable bonds is 7. The molecular formula is C19H20N4O3S. The predicted molar refractivity (Wildman–Crippen MR) is 106 cm³/mol. The summed E-state index contributed by atoms with van der Waals surface area (Å²) in [4.78, 5) is 25.1. The van der Waals surface area contributed by atoms with E-state index < -0.39 is 0 Å². The fourth-order valence-electron chi connectivity index (χ4n) is 2.45. The van der Waals surface area contributed by atoms with Gasteiger partial charge < -0.3 is 15.4 Å². The SMILES string of the molecule is CCOc1ccccc1NC(=O)c1ccsc1NC(=O)c1ccn(CC)n1. The monoisotopic (exact) mass is 384 g/mol. The molecule has 2 amide bonds. The van der Waals surface area contributed by atoms with Crippen LogP contribution in [0.4, 0.5) is 10.7 Å². The van der Waals surface area contributed by atoms with Crippen molar-refractivity contribution in [1.82, 2.24) is 9.78 Å². The summed E-state index contributed by atoms with van der Waals surface area (Å²) >= 11 is 1.28. The van der Waals surface area contributed by atoms with Gasteiger partial charge in [-0.2, -0.15) is 5.10 Å². The highest BCUT2D eigenvalue weighted by molar-refractivity contribution is 7.14. The van der Waals surface area contributed by atoms with Crippen LogP contribution in [0.3, 0.4) is 0 Å². The van der Waals surface area contributed by atoms with Crippen molar-refractivity contribution >= 4 is 33.8 Å². The second-order valence-electron chi connectivity index (χ2n) is 5.56. The Labute approximate surface area is 161 Å². The molecule has 3 rings (SSSR count). The van der Waals surface area contributed by atoms with Gasteiger partial charge in [-0.05, 0) is 43.5 Å². The zero-order valence-corrected chi connectivity index (χ0v) is 15.9. The van der Waals surface area contributed by atoms with Crippen LogP contribution in [-0.4, -0.2) is 28.2 Å². The zero-order valence-electron chi connectivity index (χ0n) is 15.1. The van der Waals surface area contributed by atoms with Crippen molar-refractivity contribution in [2.45, 2.75) is 20.4 Å². The number of carbonyl (C=O) groups is 2. The van der Waals surface area contributed by atoms with Gasteiger partial charge in [-0.25, -0.2) is 0 Å². The summed E-state index contributed by atoms with van der Waals surface area (Å²) in [5.74, 6) is -0.0783. The number of nitrogens with one attached hydrogen (secondary N) is 2. The largest absolute Gasteiger partial charge is 0.492 e. The molecule has 0 unspecified atom stereocenters. The molecule has 1 aromatic carbocycles. The Morgan fingerprint density at radius 1 is 1.11 bits per heavy atom. The molecule has 2 N–H and O–H groups in total. The number of aryl methyl sites for hydroxylation is 1. The molecule has 27 heavy (non-hydrogen) atoms. The maximum absolute atomic E-state index is 12.7. The van der Waals surface area contributed by atoms with Crippen molar-refractivity contribution in [1.29, 1.82) is 0 Å². The highest BCUT2D eigenvalue weighted by atomic mass is 32.1. The lowest BCUT2D eigenvalue weighted by Gasteiger charge is -2.11. The summed E-state index contributed by atoms with van der Waals surface area (Å²) in [5.41, 5.74) is 1.27. The van der Waals surface area contributed by atoms with Gasteiger partial charge in [-0.1, -0.05) is 12.1 Å². The van der Waals surface area contributed by atoms with Crippen molar-refractivity contribution < 1.29 is 14.3 Å². The lowest BCUT2D eigenvalue weighted by Crippen LogP contribution is -2.17. The molecule has 140 valence electrons. The molecule has 0 fully saturated rings. The fraction of sp³-hybridized carbons (Fsp3) is 0.211. The second-order valence-corrected chi connectivity index (χ2v) is 6.47. The van der Waals surface area contributed by atoms with E-state index in [1.54, 1.807) is 40.5 Å². The molecule has 0 aliphatic heterocycles. The van der Waals surface area contributed by atoms with Crippen molar-refractivity contribution in [3.8, 4) is 5.75 Å². The molecule has 0 bridgehead atoms. The first-order chi connectivity index (χ1) is 13.1. The van der Waals surface area contributed by atoms with E-state index in [2.05, 4.69) is 15.7 Å². The van der Waals surface area contributed by atoms with Gasteiger partial charge in [-0.15, -0.1) is 11.3 Å². The summed E-state index contributed by atoms with van der Waals surface area (Å²) in [7, 11) is 0. The quantitative estimate of drug-likeness (QED) is 0.648. The molecule has 0 aliphatic carbocycles. The molecule has 7 nitrogen and oxygen atoms in total. The van der Waals surface area contributed by atoms with Crippen LogP contribution in [0.1, 0.15) is 34.7 Å². The Bertz CT molecular complexity index is 948. The molecule has 2 heterocycles. The van der Waals surface area contributed by atoms with Gasteiger partial charge in [0.25, 0.3) is 11.8 Å². The van der Waals surface area contributed by atoms with Crippen molar-refractivity contribution in [2.75, 3.05) is 17.2 Å². The first kappa shape index (κ1) is 18.7. The van der Waals surface area contributed by atoms with E-state index in [0.717, 1.165) is 0 Å². The fourth-order valence-corrected chi connectivity index (χ4v) is 3.23. The molecule has 0 atom stereocenters. The van der Waals surface area contributed by atoms with Crippen LogP contribution >= 0.6 is 11.3 Å². The van der Waals surface area contributed by atoms with E-state index >= 15 is 0 Å². The molecule has 8 heteroatoms. The third-order valence-electron chi connectivity index (χ3n) is 3.77. The third kappa shape index (κ3) is 4.35. The number of ether oxygens (including phenoxy) is 1. The number of thiophene rings is 1. The van der Waals surface area contributed by atoms with Gasteiger partial charge in [0.1, 0.15) is 10.8 Å². The minimum Gasteiger partial charge on any atom is -0.492 e. The highest BCUT2D eigenvalue weighted by Gasteiger charge is 2.18. The van der Waals surface area contributed by atoms with E-state index in [1.165, 1.54) is 11.3 Å². The maximum Gasteiger partial charge on any atom is 0.276 e. The standard InChI is InChI=1S/C19H20N4O3S/c1-3-23-11-9-15(22-23)18(25)21-19-13(10-12-27-19)17(24)20-14-7-5-6-8-16(14)26-4-2/h5-12H,3-4H2,1-2H3,(H,20,24)(H,21,25). The number of carbonyl (C=O) groups excluding carboxylic acids is 2. The predicted octanol–water partition coefficient (Wildman–Crippen LogP) is 3.87. The van der Waals surface area contributed by atoms with Crippen LogP contribution in [0.5, 0.6) is 5.75 Å². The summed E-state index contributed by atoms with van der Waals surface area (Å²) in [6.07, 6.45) is 1.74. The number of benzene rings is 1. The number of hydrogen-bond acceptors (Lipinski definition) is 5. The Kier molecular flexibility index (Phi) is 5.87. The number of amides is 2. The lowest BCUT2D eigenvalue weighted by molar-refractivity contribution is 0.102. The maximum atomic E-state index is 12.7. The lowest BCUT2D eigenvalue weighted by atomic mass is 10.2. The van der Waals surface area contributed by atoms with Crippen molar-refractivity contribution in [3.05, 3.63) is 59.2 Å². The van der Waals surface area contributed by atoms with Gasteiger partial charge in [0.2, 0.25) is 0 Å². The van der Waals surface area contributed by atoms with Gasteiger partial charge in [0.15, 0.2) is 5.69 Å². The van der Waals surface area contributed by atoms with Crippen LogP contribution in [0, 0.1) is 0 Å². The molecule has 0 saturated carbocycles. The number of nitrogens with zero attached hydrogens (tertiary/aromatic N) is 2. The van der Waals surface area contributed by atoms with Crippen LogP contribution in [0.15, 0.2) is 48.0 Å². The molecular weight excluding hydrogens is 364 g/mol. The van der Waals surface area contributed by atoms with E-state index in [-0.39, 0.29) is 11.8 Å². The van der Waals surface area contributed by atoms with Crippen LogP contribution < -0.4 is 15.4 Å². The third-order valence-corrected chi connectivity index (χ3v) is 4.60. The van der Waals surface area contributed by atoms with Crippen molar-refractivity contribution in [2.24, 2.45) is 0 Å². The molecule has 0 spiro atoms. The number of aromatic nitrogens is 2. The minimum atomic E-state index is -0.353. The normalized spacial score (nSPS) is 10.4. The first-order valence-corrected chi connectivity index (χ1v) is 9.45. The summed E-state index contributed by atoms with van der Waals surface area (Å²) < 4.78 is 7.20. The molecule has 2 aromatic heterocycles. The average molecular weight is 384 g/mol. The van der Waals surface area contributed by atoms with Crippen LogP contribution in [-0.2, 0) is 6.54 Å². The summed E-state index contributed by atoms with van der Waals surface area (Å²) in [6.45, 7) is 5.00. The topological polar surface area (TPSA) is 85.3 Å². The average Bonchev–Trinajstić information content (AvgIpc) is 3.32. The number of hydrogen-bond donors (Lipinski definition) is 2. The Balaban J connectivity index is 1.74. The first-order valence-electron chi connectivity index (χ1n) is 8.57. The van der Waals surface area contributed by atoms with E-state index in [4.69, 9.17) is 4.74 Å². The van der Waals surface area contributed by atoms with Gasteiger partial charge >= 0.3 is 0 Å². The highest BCUT2D eigenvalue weighted by Crippen LogP contribution is 2.28. The zero-order chi connectivity index (χ0) is 19.2. The Morgan fingerprint density at radius 3 is 2.67 bits per heavy atom.